The van der Waals surface area contributed by atoms with Gasteiger partial charge in [0.2, 0.25) is 5.91 Å². The third-order valence-electron chi connectivity index (χ3n) is 4.39. The third-order valence-corrected chi connectivity index (χ3v) is 5.22. The van der Waals surface area contributed by atoms with Gasteiger partial charge in [0.1, 0.15) is 0 Å². The maximum absolute atomic E-state index is 12.3. The van der Waals surface area contributed by atoms with Crippen LogP contribution < -0.4 is 9.47 Å². The molecule has 7 nitrogen and oxygen atoms in total. The van der Waals surface area contributed by atoms with Crippen molar-refractivity contribution >= 4 is 28.8 Å². The Morgan fingerprint density at radius 2 is 1.88 bits per heavy atom. The number of amides is 3. The van der Waals surface area contributed by atoms with Crippen LogP contribution in [0.2, 0.25) is 0 Å². The molecule has 134 valence electrons. The highest BCUT2D eigenvalue weighted by Gasteiger charge is 2.37. The SMILES string of the molecule is COc1ccccc1OCC(=O)N1CCC(N2C(=O)CSC2=O)CC1. The lowest BCUT2D eigenvalue weighted by molar-refractivity contribution is -0.135. The van der Waals surface area contributed by atoms with Crippen LogP contribution in [-0.2, 0) is 9.59 Å². The summed E-state index contributed by atoms with van der Waals surface area (Å²) in [5.41, 5.74) is 0. The number of carbonyl (C=O) groups excluding carboxylic acids is 3. The summed E-state index contributed by atoms with van der Waals surface area (Å²) in [5.74, 6) is 1.10. The summed E-state index contributed by atoms with van der Waals surface area (Å²) < 4.78 is 10.8. The number of para-hydroxylation sites is 2. The van der Waals surface area contributed by atoms with Crippen LogP contribution in [0.1, 0.15) is 12.8 Å². The maximum atomic E-state index is 12.3. The molecule has 0 aromatic heterocycles. The number of hydrogen-bond acceptors (Lipinski definition) is 6. The summed E-state index contributed by atoms with van der Waals surface area (Å²) >= 11 is 1.05. The topological polar surface area (TPSA) is 76.2 Å². The van der Waals surface area contributed by atoms with Crippen molar-refractivity contribution in [2.24, 2.45) is 0 Å². The molecule has 0 N–H and O–H groups in total. The van der Waals surface area contributed by atoms with Crippen molar-refractivity contribution in [3.8, 4) is 11.5 Å². The van der Waals surface area contributed by atoms with E-state index in [2.05, 4.69) is 0 Å². The van der Waals surface area contributed by atoms with E-state index < -0.39 is 0 Å². The molecule has 0 spiro atoms. The Morgan fingerprint density at radius 1 is 1.20 bits per heavy atom. The van der Waals surface area contributed by atoms with E-state index in [-0.39, 0.29) is 35.5 Å². The van der Waals surface area contributed by atoms with E-state index >= 15 is 0 Å². The second-order valence-electron chi connectivity index (χ2n) is 5.87. The lowest BCUT2D eigenvalue weighted by Crippen LogP contribution is -2.49. The van der Waals surface area contributed by atoms with E-state index in [1.165, 1.54) is 4.90 Å². The summed E-state index contributed by atoms with van der Waals surface area (Å²) in [6.45, 7) is 0.962. The van der Waals surface area contributed by atoms with Gasteiger partial charge in [0.15, 0.2) is 18.1 Å². The highest BCUT2D eigenvalue weighted by molar-refractivity contribution is 8.14. The van der Waals surface area contributed by atoms with Gasteiger partial charge in [-0.3, -0.25) is 19.3 Å². The molecule has 0 radical (unpaired) electrons. The molecule has 2 heterocycles. The van der Waals surface area contributed by atoms with E-state index in [1.54, 1.807) is 24.1 Å². The zero-order valence-electron chi connectivity index (χ0n) is 14.0. The Labute approximate surface area is 150 Å². The maximum Gasteiger partial charge on any atom is 0.289 e. The summed E-state index contributed by atoms with van der Waals surface area (Å²) in [6, 6.07) is 7.07. The molecule has 0 aliphatic carbocycles. The van der Waals surface area contributed by atoms with Gasteiger partial charge < -0.3 is 14.4 Å². The number of thioether (sulfide) groups is 1. The van der Waals surface area contributed by atoms with Gasteiger partial charge in [-0.1, -0.05) is 23.9 Å². The molecule has 0 bridgehead atoms. The fraction of sp³-hybridized carbons (Fsp3) is 0.471. The fourth-order valence-corrected chi connectivity index (χ4v) is 3.84. The molecule has 25 heavy (non-hydrogen) atoms. The molecule has 2 aliphatic heterocycles. The first-order chi connectivity index (χ1) is 12.1. The number of benzene rings is 1. The number of rotatable bonds is 5. The highest BCUT2D eigenvalue weighted by Crippen LogP contribution is 2.28. The standard InChI is InChI=1S/C17H20N2O5S/c1-23-13-4-2-3-5-14(13)24-10-15(20)18-8-6-12(7-9-18)19-16(21)11-25-17(19)22/h2-5,12H,6-11H2,1H3. The summed E-state index contributed by atoms with van der Waals surface area (Å²) in [4.78, 5) is 39.0. The van der Waals surface area contributed by atoms with Crippen molar-refractivity contribution in [1.82, 2.24) is 9.80 Å². The number of nitrogens with zero attached hydrogens (tertiary/aromatic N) is 2. The molecule has 1 aromatic carbocycles. The highest BCUT2D eigenvalue weighted by atomic mass is 32.2. The van der Waals surface area contributed by atoms with E-state index in [1.807, 2.05) is 12.1 Å². The van der Waals surface area contributed by atoms with Gasteiger partial charge in [0.25, 0.3) is 11.1 Å². The van der Waals surface area contributed by atoms with Crippen molar-refractivity contribution in [2.75, 3.05) is 32.6 Å². The van der Waals surface area contributed by atoms with Crippen molar-refractivity contribution in [3.63, 3.8) is 0 Å². The predicted molar refractivity (Wildman–Crippen MR) is 92.8 cm³/mol. The lowest BCUT2D eigenvalue weighted by Gasteiger charge is -2.35. The van der Waals surface area contributed by atoms with Gasteiger partial charge in [0, 0.05) is 19.1 Å². The zero-order chi connectivity index (χ0) is 17.8. The molecule has 0 saturated carbocycles. The minimum atomic E-state index is -0.172. The van der Waals surface area contributed by atoms with Gasteiger partial charge >= 0.3 is 0 Å². The number of carbonyl (C=O) groups is 3. The second-order valence-corrected chi connectivity index (χ2v) is 6.80. The number of hydrogen-bond donors (Lipinski definition) is 0. The van der Waals surface area contributed by atoms with Crippen LogP contribution in [0.5, 0.6) is 11.5 Å². The first kappa shape index (κ1) is 17.6. The molecule has 0 unspecified atom stereocenters. The molecule has 3 rings (SSSR count). The van der Waals surface area contributed by atoms with Gasteiger partial charge in [-0.05, 0) is 25.0 Å². The van der Waals surface area contributed by atoms with Crippen LogP contribution in [0, 0.1) is 0 Å². The molecule has 3 amide bonds. The van der Waals surface area contributed by atoms with Crippen LogP contribution in [0.3, 0.4) is 0 Å². The summed E-state index contributed by atoms with van der Waals surface area (Å²) in [5, 5.41) is -0.172. The Bertz CT molecular complexity index is 657. The number of methoxy groups -OCH3 is 1. The first-order valence-electron chi connectivity index (χ1n) is 8.12. The van der Waals surface area contributed by atoms with E-state index in [0.29, 0.717) is 37.4 Å². The van der Waals surface area contributed by atoms with Crippen molar-refractivity contribution < 1.29 is 23.9 Å². The average Bonchev–Trinajstić information content (AvgIpc) is 2.98. The Kier molecular flexibility index (Phi) is 5.47. The largest absolute Gasteiger partial charge is 0.493 e. The van der Waals surface area contributed by atoms with Crippen molar-refractivity contribution in [1.29, 1.82) is 0 Å². The minimum Gasteiger partial charge on any atom is -0.493 e. The molecular formula is C17H20N2O5S. The van der Waals surface area contributed by atoms with Gasteiger partial charge in [-0.2, -0.15) is 0 Å². The minimum absolute atomic E-state index is 0.0670. The molecular weight excluding hydrogens is 344 g/mol. The summed E-state index contributed by atoms with van der Waals surface area (Å²) in [7, 11) is 1.55. The third kappa shape index (κ3) is 3.89. The van der Waals surface area contributed by atoms with Crippen LogP contribution >= 0.6 is 11.8 Å². The lowest BCUT2D eigenvalue weighted by atomic mass is 10.0. The predicted octanol–water partition coefficient (Wildman–Crippen LogP) is 1.76. The van der Waals surface area contributed by atoms with Gasteiger partial charge in [-0.15, -0.1) is 0 Å². The van der Waals surface area contributed by atoms with Crippen molar-refractivity contribution in [3.05, 3.63) is 24.3 Å². The number of piperidine rings is 1. The van der Waals surface area contributed by atoms with Crippen LogP contribution in [0.25, 0.3) is 0 Å². The molecule has 2 saturated heterocycles. The average molecular weight is 364 g/mol. The number of likely N-dealkylation sites (tertiary alicyclic amines) is 1. The van der Waals surface area contributed by atoms with E-state index in [4.69, 9.17) is 9.47 Å². The smallest absolute Gasteiger partial charge is 0.289 e. The first-order valence-corrected chi connectivity index (χ1v) is 9.11. The van der Waals surface area contributed by atoms with Gasteiger partial charge in [-0.25, -0.2) is 0 Å². The van der Waals surface area contributed by atoms with Crippen LogP contribution in [0.15, 0.2) is 24.3 Å². The molecule has 2 aliphatic rings. The van der Waals surface area contributed by atoms with Gasteiger partial charge in [0.05, 0.1) is 12.9 Å². The van der Waals surface area contributed by atoms with E-state index in [0.717, 1.165) is 11.8 Å². The number of ether oxygens (including phenoxy) is 2. The molecule has 8 heteroatoms. The van der Waals surface area contributed by atoms with Crippen molar-refractivity contribution in [2.45, 2.75) is 18.9 Å². The molecule has 2 fully saturated rings. The Morgan fingerprint density at radius 3 is 2.48 bits per heavy atom. The quantitative estimate of drug-likeness (QED) is 0.792. The van der Waals surface area contributed by atoms with E-state index in [9.17, 15) is 14.4 Å². The van der Waals surface area contributed by atoms with Crippen LogP contribution in [-0.4, -0.2) is 65.5 Å². The fourth-order valence-electron chi connectivity index (χ4n) is 3.06. The second kappa shape index (κ2) is 7.77. The molecule has 0 atom stereocenters. The Balaban J connectivity index is 1.50. The summed E-state index contributed by atoms with van der Waals surface area (Å²) in [6.07, 6.45) is 1.22. The zero-order valence-corrected chi connectivity index (χ0v) is 14.8. The normalized spacial score (nSPS) is 18.6. The van der Waals surface area contributed by atoms with Crippen LogP contribution in [0.4, 0.5) is 4.79 Å². The Hall–Kier alpha value is -2.22. The monoisotopic (exact) mass is 364 g/mol. The number of imide groups is 1. The molecule has 1 aromatic rings.